The van der Waals surface area contributed by atoms with Gasteiger partial charge in [0.05, 0.1) is 5.52 Å². The highest BCUT2D eigenvalue weighted by molar-refractivity contribution is 5.80. The Bertz CT molecular complexity index is 403. The van der Waals surface area contributed by atoms with Gasteiger partial charge in [-0.1, -0.05) is 0 Å². The summed E-state index contributed by atoms with van der Waals surface area (Å²) in [6.07, 6.45) is 1.88. The quantitative estimate of drug-likeness (QED) is 0.607. The topological polar surface area (TPSA) is 4.93 Å². The average molecular weight is 162 g/mol. The van der Waals surface area contributed by atoms with Crippen molar-refractivity contribution >= 4 is 10.9 Å². The highest BCUT2D eigenvalue weighted by atomic mass is 19.1. The van der Waals surface area contributed by atoms with E-state index in [0.717, 1.165) is 12.1 Å². The molecule has 2 heteroatoms. The molecule has 1 radical (unpaired) electrons. The van der Waals surface area contributed by atoms with Gasteiger partial charge in [0.1, 0.15) is 5.82 Å². The molecule has 0 atom stereocenters. The minimum atomic E-state index is -0.170. The molecule has 2 aromatic rings. The van der Waals surface area contributed by atoms with Crippen molar-refractivity contribution in [1.82, 2.24) is 4.57 Å². The molecule has 0 amide bonds. The summed E-state index contributed by atoms with van der Waals surface area (Å²) in [4.78, 5) is 0. The van der Waals surface area contributed by atoms with Crippen LogP contribution in [0.4, 0.5) is 4.39 Å². The Labute approximate surface area is 70.4 Å². The summed E-state index contributed by atoms with van der Waals surface area (Å²) in [5, 5.41) is 0.652. The van der Waals surface area contributed by atoms with Gasteiger partial charge in [0.25, 0.3) is 0 Å². The van der Waals surface area contributed by atoms with Crippen LogP contribution in [0.5, 0.6) is 0 Å². The van der Waals surface area contributed by atoms with E-state index in [1.165, 1.54) is 6.07 Å². The summed E-state index contributed by atoms with van der Waals surface area (Å²) in [6.45, 7) is 2.88. The Morgan fingerprint density at radius 2 is 2.33 bits per heavy atom. The van der Waals surface area contributed by atoms with E-state index in [9.17, 15) is 4.39 Å². The predicted molar refractivity (Wildman–Crippen MR) is 46.4 cm³/mol. The molecule has 0 aliphatic carbocycles. The Hall–Kier alpha value is -1.31. The normalized spacial score (nSPS) is 10.8. The van der Waals surface area contributed by atoms with Gasteiger partial charge in [-0.25, -0.2) is 4.39 Å². The maximum atomic E-state index is 13.1. The number of aryl methyl sites for hydroxylation is 1. The first-order valence-electron chi connectivity index (χ1n) is 3.98. The lowest BCUT2D eigenvalue weighted by atomic mass is 10.2. The van der Waals surface area contributed by atoms with Gasteiger partial charge >= 0.3 is 0 Å². The fourth-order valence-electron chi connectivity index (χ4n) is 1.37. The van der Waals surface area contributed by atoms with Crippen LogP contribution in [0.3, 0.4) is 0 Å². The zero-order valence-electron chi connectivity index (χ0n) is 6.84. The molecule has 0 spiro atoms. The molecule has 1 aromatic carbocycles. The zero-order valence-corrected chi connectivity index (χ0v) is 6.84. The average Bonchev–Trinajstić information content (AvgIpc) is 2.49. The molecule has 0 bridgehead atoms. The molecule has 0 saturated heterocycles. The molecule has 0 N–H and O–H groups in total. The summed E-state index contributed by atoms with van der Waals surface area (Å²) in [7, 11) is 0. The van der Waals surface area contributed by atoms with Gasteiger partial charge in [-0.05, 0) is 25.1 Å². The molecule has 0 saturated carbocycles. The standard InChI is InChI=1S/C10H9FN/c1-2-12-7-6-8-9(11)4-3-5-10(8)12/h3-4,6-7H,2H2,1H3. The molecule has 2 rings (SSSR count). The van der Waals surface area contributed by atoms with Gasteiger partial charge < -0.3 is 4.57 Å². The number of hydrogen-bond acceptors (Lipinski definition) is 0. The van der Waals surface area contributed by atoms with Crippen LogP contribution in [0, 0.1) is 11.9 Å². The lowest BCUT2D eigenvalue weighted by molar-refractivity contribution is 0.639. The highest BCUT2D eigenvalue weighted by Crippen LogP contribution is 2.17. The molecule has 1 aromatic heterocycles. The minimum absolute atomic E-state index is 0.170. The number of hydrogen-bond donors (Lipinski definition) is 0. The largest absolute Gasteiger partial charge is 0.347 e. The molecule has 61 valence electrons. The fraction of sp³-hybridized carbons (Fsp3) is 0.200. The zero-order chi connectivity index (χ0) is 8.55. The third kappa shape index (κ3) is 0.916. The maximum Gasteiger partial charge on any atom is 0.132 e. The first-order valence-corrected chi connectivity index (χ1v) is 3.98. The number of aromatic nitrogens is 1. The maximum absolute atomic E-state index is 13.1. The summed E-state index contributed by atoms with van der Waals surface area (Å²) in [6, 6.07) is 7.84. The van der Waals surface area contributed by atoms with Gasteiger partial charge in [-0.2, -0.15) is 0 Å². The molecule has 1 heterocycles. The summed E-state index contributed by atoms with van der Waals surface area (Å²) >= 11 is 0. The third-order valence-electron chi connectivity index (χ3n) is 2.01. The Morgan fingerprint density at radius 3 is 3.08 bits per heavy atom. The lowest BCUT2D eigenvalue weighted by Crippen LogP contribution is -1.90. The van der Waals surface area contributed by atoms with Crippen LogP contribution in [0.1, 0.15) is 6.92 Å². The smallest absolute Gasteiger partial charge is 0.132 e. The van der Waals surface area contributed by atoms with Gasteiger partial charge in [0.2, 0.25) is 0 Å². The number of benzene rings is 1. The van der Waals surface area contributed by atoms with E-state index >= 15 is 0 Å². The molecule has 0 aliphatic rings. The molecule has 0 aliphatic heterocycles. The van der Waals surface area contributed by atoms with E-state index in [4.69, 9.17) is 0 Å². The Kier molecular flexibility index (Phi) is 1.61. The van der Waals surface area contributed by atoms with Crippen LogP contribution < -0.4 is 0 Å². The lowest BCUT2D eigenvalue weighted by Gasteiger charge is -1.98. The highest BCUT2D eigenvalue weighted by Gasteiger charge is 2.02. The van der Waals surface area contributed by atoms with E-state index in [-0.39, 0.29) is 5.82 Å². The Balaban J connectivity index is 2.80. The van der Waals surface area contributed by atoms with Crippen molar-refractivity contribution in [2.75, 3.05) is 0 Å². The molecule has 1 nitrogen and oxygen atoms in total. The van der Waals surface area contributed by atoms with Crippen LogP contribution in [0.15, 0.2) is 24.4 Å². The van der Waals surface area contributed by atoms with Crippen molar-refractivity contribution < 1.29 is 4.39 Å². The van der Waals surface area contributed by atoms with Crippen molar-refractivity contribution in [3.63, 3.8) is 0 Å². The summed E-state index contributed by atoms with van der Waals surface area (Å²) in [5.74, 6) is -0.170. The van der Waals surface area contributed by atoms with Crippen molar-refractivity contribution in [3.05, 3.63) is 36.3 Å². The first-order chi connectivity index (χ1) is 5.83. The van der Waals surface area contributed by atoms with E-state index in [1.54, 1.807) is 12.1 Å². The first kappa shape index (κ1) is 7.35. The third-order valence-corrected chi connectivity index (χ3v) is 2.01. The van der Waals surface area contributed by atoms with E-state index in [0.29, 0.717) is 5.39 Å². The number of halogens is 1. The monoisotopic (exact) mass is 162 g/mol. The van der Waals surface area contributed by atoms with Gasteiger partial charge in [-0.3, -0.25) is 0 Å². The predicted octanol–water partition coefficient (Wildman–Crippen LogP) is 2.60. The SMILES string of the molecule is CCn1ccc2c(F)cc[c]c21. The van der Waals surface area contributed by atoms with Crippen molar-refractivity contribution in [3.8, 4) is 0 Å². The van der Waals surface area contributed by atoms with Crippen molar-refractivity contribution in [1.29, 1.82) is 0 Å². The van der Waals surface area contributed by atoms with Gasteiger partial charge in [-0.15, -0.1) is 0 Å². The van der Waals surface area contributed by atoms with Crippen LogP contribution >= 0.6 is 0 Å². The van der Waals surface area contributed by atoms with Crippen LogP contribution in [-0.2, 0) is 6.54 Å². The van der Waals surface area contributed by atoms with E-state index in [2.05, 4.69) is 6.07 Å². The second-order valence-electron chi connectivity index (χ2n) is 2.69. The van der Waals surface area contributed by atoms with Crippen LogP contribution in [0.2, 0.25) is 0 Å². The summed E-state index contributed by atoms with van der Waals surface area (Å²) in [5.41, 5.74) is 0.845. The van der Waals surface area contributed by atoms with Gasteiger partial charge in [0.15, 0.2) is 0 Å². The van der Waals surface area contributed by atoms with Crippen molar-refractivity contribution in [2.45, 2.75) is 13.5 Å². The van der Waals surface area contributed by atoms with Crippen molar-refractivity contribution in [2.24, 2.45) is 0 Å². The van der Waals surface area contributed by atoms with E-state index in [1.807, 2.05) is 17.7 Å². The molecule has 12 heavy (non-hydrogen) atoms. The number of rotatable bonds is 1. The summed E-state index contributed by atoms with van der Waals surface area (Å²) < 4.78 is 15.1. The Morgan fingerprint density at radius 1 is 1.50 bits per heavy atom. The van der Waals surface area contributed by atoms with E-state index < -0.39 is 0 Å². The number of fused-ring (bicyclic) bond motifs is 1. The number of nitrogens with zero attached hydrogens (tertiary/aromatic N) is 1. The molecular weight excluding hydrogens is 153 g/mol. The van der Waals surface area contributed by atoms with Crippen LogP contribution in [-0.4, -0.2) is 4.57 Å². The second kappa shape index (κ2) is 2.63. The minimum Gasteiger partial charge on any atom is -0.347 e. The van der Waals surface area contributed by atoms with Gasteiger partial charge in [0, 0.05) is 24.2 Å². The van der Waals surface area contributed by atoms with Crippen LogP contribution in [0.25, 0.3) is 10.9 Å². The fourth-order valence-corrected chi connectivity index (χ4v) is 1.37. The molecule has 0 fully saturated rings. The molecule has 0 unspecified atom stereocenters. The second-order valence-corrected chi connectivity index (χ2v) is 2.69. The molecular formula is C10H9FN.